The summed E-state index contributed by atoms with van der Waals surface area (Å²) in [5.74, 6) is -0.195. The molecule has 1 amide bonds. The molecule has 0 radical (unpaired) electrons. The number of hydrogen-bond donors (Lipinski definition) is 0. The van der Waals surface area contributed by atoms with Gasteiger partial charge in [-0.1, -0.05) is 0 Å². The van der Waals surface area contributed by atoms with Crippen LogP contribution in [0.5, 0.6) is 0 Å². The van der Waals surface area contributed by atoms with Crippen LogP contribution in [0.4, 0.5) is 4.79 Å². The Hall–Kier alpha value is -1.43. The van der Waals surface area contributed by atoms with Gasteiger partial charge in [0.05, 0.1) is 12.1 Å². The van der Waals surface area contributed by atoms with E-state index in [4.69, 9.17) is 4.74 Å². The van der Waals surface area contributed by atoms with Crippen LogP contribution in [0.2, 0.25) is 0 Å². The second-order valence-corrected chi connectivity index (χ2v) is 5.35. The van der Waals surface area contributed by atoms with Gasteiger partial charge in [-0.25, -0.2) is 9.78 Å². The van der Waals surface area contributed by atoms with E-state index in [2.05, 4.69) is 4.98 Å². The number of nitrogens with zero attached hydrogens (tertiary/aromatic N) is 2. The number of carbonyl (C=O) groups excluding carboxylic acids is 2. The molecule has 0 fully saturated rings. The second kappa shape index (κ2) is 5.27. The third-order valence-corrected chi connectivity index (χ3v) is 2.39. The van der Waals surface area contributed by atoms with Gasteiger partial charge in [0.1, 0.15) is 11.3 Å². The zero-order chi connectivity index (χ0) is 13.1. The van der Waals surface area contributed by atoms with E-state index < -0.39 is 11.7 Å². The van der Waals surface area contributed by atoms with E-state index in [-0.39, 0.29) is 12.3 Å². The first kappa shape index (κ1) is 13.6. The highest BCUT2D eigenvalue weighted by atomic mass is 32.1. The number of carbonyl (C=O) groups is 2. The Bertz CT molecular complexity index is 395. The summed E-state index contributed by atoms with van der Waals surface area (Å²) in [4.78, 5) is 28.4. The van der Waals surface area contributed by atoms with Crippen molar-refractivity contribution in [2.45, 2.75) is 26.4 Å². The van der Waals surface area contributed by atoms with Crippen molar-refractivity contribution < 1.29 is 14.3 Å². The lowest BCUT2D eigenvalue weighted by Gasteiger charge is -2.24. The molecule has 6 heteroatoms. The Kier molecular flexibility index (Phi) is 4.22. The van der Waals surface area contributed by atoms with E-state index in [0.29, 0.717) is 5.69 Å². The molecule has 0 aliphatic carbocycles. The molecule has 0 unspecified atom stereocenters. The molecule has 0 aromatic carbocycles. The van der Waals surface area contributed by atoms with Crippen LogP contribution in [0, 0.1) is 0 Å². The molecule has 0 saturated heterocycles. The minimum atomic E-state index is -0.560. The molecule has 1 aromatic rings. The van der Waals surface area contributed by atoms with Crippen molar-refractivity contribution in [1.29, 1.82) is 0 Å². The minimum absolute atomic E-state index is 0.0291. The van der Waals surface area contributed by atoms with Crippen LogP contribution < -0.4 is 0 Å². The van der Waals surface area contributed by atoms with Gasteiger partial charge in [-0.3, -0.25) is 4.79 Å². The van der Waals surface area contributed by atoms with E-state index in [1.54, 1.807) is 31.7 Å². The third-order valence-electron chi connectivity index (χ3n) is 1.80. The molecular weight excluding hydrogens is 240 g/mol. The van der Waals surface area contributed by atoms with Crippen LogP contribution in [-0.2, 0) is 4.74 Å². The third kappa shape index (κ3) is 4.52. The van der Waals surface area contributed by atoms with Crippen LogP contribution >= 0.6 is 11.3 Å². The van der Waals surface area contributed by atoms with Gasteiger partial charge >= 0.3 is 6.09 Å². The fraction of sp³-hybridized carbons (Fsp3) is 0.545. The number of rotatable bonds is 3. The molecule has 0 N–H and O–H groups in total. The van der Waals surface area contributed by atoms with E-state index >= 15 is 0 Å². The maximum atomic E-state index is 11.7. The number of ketones is 1. The summed E-state index contributed by atoms with van der Waals surface area (Å²) in [6.45, 7) is 5.31. The highest BCUT2D eigenvalue weighted by Gasteiger charge is 2.21. The summed E-state index contributed by atoms with van der Waals surface area (Å²) in [7, 11) is 1.53. The van der Waals surface area contributed by atoms with Crippen molar-refractivity contribution in [3.63, 3.8) is 0 Å². The van der Waals surface area contributed by atoms with Crippen LogP contribution in [0.1, 0.15) is 31.3 Å². The predicted octanol–water partition coefficient (Wildman–Crippen LogP) is 2.19. The SMILES string of the molecule is CN(CC(=O)c1cscn1)C(=O)OC(C)(C)C. The molecule has 1 aromatic heterocycles. The molecule has 5 nitrogen and oxygen atoms in total. The van der Waals surface area contributed by atoms with Gasteiger partial charge in [0.2, 0.25) is 5.78 Å². The summed E-state index contributed by atoms with van der Waals surface area (Å²) in [5, 5.41) is 1.66. The lowest BCUT2D eigenvalue weighted by Crippen LogP contribution is -2.37. The zero-order valence-corrected chi connectivity index (χ0v) is 11.2. The number of thiazole rings is 1. The lowest BCUT2D eigenvalue weighted by molar-refractivity contribution is 0.0294. The summed E-state index contributed by atoms with van der Waals surface area (Å²) in [6, 6.07) is 0. The summed E-state index contributed by atoms with van der Waals surface area (Å²) >= 11 is 1.35. The molecule has 94 valence electrons. The number of Topliss-reactive ketones (excluding diaryl/α,β-unsaturated/α-hetero) is 1. The smallest absolute Gasteiger partial charge is 0.410 e. The molecule has 0 aliphatic rings. The van der Waals surface area contributed by atoms with E-state index in [1.807, 2.05) is 0 Å². The fourth-order valence-corrected chi connectivity index (χ4v) is 1.61. The number of likely N-dealkylation sites (N-methyl/N-ethyl adjacent to an activating group) is 1. The number of aromatic nitrogens is 1. The summed E-state index contributed by atoms with van der Waals surface area (Å²) in [5.41, 5.74) is 1.40. The molecule has 0 aliphatic heterocycles. The average Bonchev–Trinajstić information content (AvgIpc) is 2.67. The quantitative estimate of drug-likeness (QED) is 0.778. The highest BCUT2D eigenvalue weighted by Crippen LogP contribution is 2.10. The van der Waals surface area contributed by atoms with Crippen LogP contribution in [0.3, 0.4) is 0 Å². The highest BCUT2D eigenvalue weighted by molar-refractivity contribution is 7.07. The number of hydrogen-bond acceptors (Lipinski definition) is 5. The first-order chi connectivity index (χ1) is 7.79. The number of amides is 1. The predicted molar refractivity (Wildman–Crippen MR) is 65.3 cm³/mol. The maximum absolute atomic E-state index is 11.7. The lowest BCUT2D eigenvalue weighted by atomic mass is 10.2. The van der Waals surface area contributed by atoms with Crippen LogP contribution in [0.25, 0.3) is 0 Å². The van der Waals surface area contributed by atoms with E-state index in [0.717, 1.165) is 0 Å². The Morgan fingerprint density at radius 1 is 1.47 bits per heavy atom. The van der Waals surface area contributed by atoms with Gasteiger partial charge in [-0.2, -0.15) is 0 Å². The molecule has 1 rings (SSSR count). The summed E-state index contributed by atoms with van der Waals surface area (Å²) in [6.07, 6.45) is -0.513. The van der Waals surface area contributed by atoms with E-state index in [1.165, 1.54) is 23.3 Å². The summed E-state index contributed by atoms with van der Waals surface area (Å²) < 4.78 is 5.13. The van der Waals surface area contributed by atoms with Crippen molar-refractivity contribution in [3.05, 3.63) is 16.6 Å². The Balaban J connectivity index is 2.52. The Morgan fingerprint density at radius 2 is 2.12 bits per heavy atom. The molecule has 17 heavy (non-hydrogen) atoms. The van der Waals surface area contributed by atoms with Crippen molar-refractivity contribution in [1.82, 2.24) is 9.88 Å². The standard InChI is InChI=1S/C11H16N2O3S/c1-11(2,3)16-10(15)13(4)5-9(14)8-6-17-7-12-8/h6-7H,5H2,1-4H3. The average molecular weight is 256 g/mol. The fourth-order valence-electron chi connectivity index (χ4n) is 1.05. The van der Waals surface area contributed by atoms with Gasteiger partial charge in [0.25, 0.3) is 0 Å². The topological polar surface area (TPSA) is 59.5 Å². The Labute approximate surface area is 104 Å². The minimum Gasteiger partial charge on any atom is -0.444 e. The zero-order valence-electron chi connectivity index (χ0n) is 10.4. The van der Waals surface area contributed by atoms with Gasteiger partial charge in [-0.05, 0) is 20.8 Å². The van der Waals surface area contributed by atoms with Crippen molar-refractivity contribution in [2.75, 3.05) is 13.6 Å². The van der Waals surface area contributed by atoms with Crippen LogP contribution in [0.15, 0.2) is 10.9 Å². The van der Waals surface area contributed by atoms with Gasteiger partial charge in [0, 0.05) is 12.4 Å². The molecular formula is C11H16N2O3S. The number of ether oxygens (including phenoxy) is 1. The maximum Gasteiger partial charge on any atom is 0.410 e. The van der Waals surface area contributed by atoms with Gasteiger partial charge in [-0.15, -0.1) is 11.3 Å². The first-order valence-corrected chi connectivity index (χ1v) is 6.09. The van der Waals surface area contributed by atoms with E-state index in [9.17, 15) is 9.59 Å². The molecule has 0 spiro atoms. The van der Waals surface area contributed by atoms with Crippen molar-refractivity contribution in [3.8, 4) is 0 Å². The second-order valence-electron chi connectivity index (χ2n) is 4.63. The molecule has 0 atom stereocenters. The molecule has 1 heterocycles. The molecule has 0 saturated carbocycles. The van der Waals surface area contributed by atoms with Gasteiger partial charge < -0.3 is 9.64 Å². The largest absolute Gasteiger partial charge is 0.444 e. The first-order valence-electron chi connectivity index (χ1n) is 5.15. The Morgan fingerprint density at radius 3 is 2.59 bits per heavy atom. The van der Waals surface area contributed by atoms with Crippen molar-refractivity contribution >= 4 is 23.2 Å². The molecule has 0 bridgehead atoms. The van der Waals surface area contributed by atoms with Gasteiger partial charge in [0.15, 0.2) is 0 Å². The van der Waals surface area contributed by atoms with Crippen LogP contribution in [-0.4, -0.2) is 41.0 Å². The monoisotopic (exact) mass is 256 g/mol. The van der Waals surface area contributed by atoms with Crippen molar-refractivity contribution in [2.24, 2.45) is 0 Å². The normalized spacial score (nSPS) is 11.1.